The van der Waals surface area contributed by atoms with Crippen LogP contribution in [-0.4, -0.2) is 41.1 Å². The fraction of sp³-hybridized carbons (Fsp3) is 0.889. The van der Waals surface area contributed by atoms with Crippen molar-refractivity contribution in [2.24, 2.45) is 11.7 Å². The van der Waals surface area contributed by atoms with Crippen LogP contribution in [0.4, 0.5) is 0 Å². The van der Waals surface area contributed by atoms with E-state index in [1.54, 1.807) is 11.8 Å². The molecule has 3 N–H and O–H groups in total. The van der Waals surface area contributed by atoms with Gasteiger partial charge in [-0.15, -0.1) is 0 Å². The Labute approximate surface area is 78.7 Å². The molecule has 1 aliphatic heterocycles. The smallest absolute Gasteiger partial charge is 0.239 e. The van der Waals surface area contributed by atoms with Crippen LogP contribution >= 0.6 is 0 Å². The van der Waals surface area contributed by atoms with Crippen molar-refractivity contribution < 1.29 is 9.90 Å². The van der Waals surface area contributed by atoms with Gasteiger partial charge in [-0.05, 0) is 19.3 Å². The molecule has 0 bridgehead atoms. The molecule has 1 heterocycles. The molecule has 0 spiro atoms. The van der Waals surface area contributed by atoms with Crippen LogP contribution < -0.4 is 5.73 Å². The Morgan fingerprint density at radius 1 is 1.69 bits per heavy atom. The minimum atomic E-state index is -0.428. The highest BCUT2D eigenvalue weighted by molar-refractivity contribution is 5.81. The monoisotopic (exact) mass is 186 g/mol. The first-order valence-corrected chi connectivity index (χ1v) is 4.74. The standard InChI is InChI=1S/C9H18N2O2/c1-6-5-11(4-3-8(6)12)9(13)7(2)10/h6-8,12H,3-5,10H2,1-2H3/t6-,7+,8+/m1/s1. The Morgan fingerprint density at radius 3 is 2.77 bits per heavy atom. The van der Waals surface area contributed by atoms with Crippen LogP contribution in [0.3, 0.4) is 0 Å². The topological polar surface area (TPSA) is 66.6 Å². The lowest BCUT2D eigenvalue weighted by atomic mass is 9.96. The number of likely N-dealkylation sites (tertiary alicyclic amines) is 1. The maximum absolute atomic E-state index is 11.5. The van der Waals surface area contributed by atoms with Crippen LogP contribution in [0.5, 0.6) is 0 Å². The van der Waals surface area contributed by atoms with Gasteiger partial charge in [0.15, 0.2) is 0 Å². The SMILES string of the molecule is C[C@H](N)C(=O)N1CC[C@H](O)[C@H](C)C1. The molecule has 0 saturated carbocycles. The minimum Gasteiger partial charge on any atom is -0.393 e. The van der Waals surface area contributed by atoms with Crippen LogP contribution in [-0.2, 0) is 4.79 Å². The molecule has 0 aromatic rings. The van der Waals surface area contributed by atoms with Crippen LogP contribution in [0.25, 0.3) is 0 Å². The maximum Gasteiger partial charge on any atom is 0.239 e. The number of carbonyl (C=O) groups is 1. The van der Waals surface area contributed by atoms with Gasteiger partial charge in [0.2, 0.25) is 5.91 Å². The number of aliphatic hydroxyl groups excluding tert-OH is 1. The Bertz CT molecular complexity index is 194. The second-order valence-corrected chi connectivity index (χ2v) is 3.91. The van der Waals surface area contributed by atoms with E-state index in [4.69, 9.17) is 5.73 Å². The maximum atomic E-state index is 11.5. The number of carbonyl (C=O) groups excluding carboxylic acids is 1. The summed E-state index contributed by atoms with van der Waals surface area (Å²) >= 11 is 0. The van der Waals surface area contributed by atoms with E-state index in [1.807, 2.05) is 6.92 Å². The van der Waals surface area contributed by atoms with E-state index in [0.29, 0.717) is 19.5 Å². The van der Waals surface area contributed by atoms with E-state index in [-0.39, 0.29) is 17.9 Å². The van der Waals surface area contributed by atoms with E-state index in [9.17, 15) is 9.90 Å². The lowest BCUT2D eigenvalue weighted by Crippen LogP contribution is -2.49. The van der Waals surface area contributed by atoms with Crippen molar-refractivity contribution in [1.82, 2.24) is 4.90 Å². The lowest BCUT2D eigenvalue weighted by Gasteiger charge is -2.35. The predicted octanol–water partition coefficient (Wildman–Crippen LogP) is -0.437. The molecule has 1 rings (SSSR count). The number of aliphatic hydroxyl groups is 1. The van der Waals surface area contributed by atoms with E-state index in [0.717, 1.165) is 0 Å². The summed E-state index contributed by atoms with van der Waals surface area (Å²) in [5, 5.41) is 9.45. The van der Waals surface area contributed by atoms with Gasteiger partial charge < -0.3 is 15.7 Å². The summed E-state index contributed by atoms with van der Waals surface area (Å²) in [5.41, 5.74) is 5.49. The van der Waals surface area contributed by atoms with E-state index >= 15 is 0 Å². The largest absolute Gasteiger partial charge is 0.393 e. The number of nitrogens with two attached hydrogens (primary N) is 1. The Hall–Kier alpha value is -0.610. The highest BCUT2D eigenvalue weighted by atomic mass is 16.3. The third-order valence-corrected chi connectivity index (χ3v) is 2.56. The van der Waals surface area contributed by atoms with Crippen molar-refractivity contribution in [3.63, 3.8) is 0 Å². The molecule has 1 amide bonds. The average Bonchev–Trinajstić information content (AvgIpc) is 2.08. The zero-order chi connectivity index (χ0) is 10.0. The molecule has 76 valence electrons. The number of rotatable bonds is 1. The van der Waals surface area contributed by atoms with Gasteiger partial charge in [-0.25, -0.2) is 0 Å². The molecule has 1 fully saturated rings. The Kier molecular flexibility index (Phi) is 3.27. The molecule has 1 saturated heterocycles. The first-order valence-electron chi connectivity index (χ1n) is 4.74. The second kappa shape index (κ2) is 4.07. The summed E-state index contributed by atoms with van der Waals surface area (Å²) in [5.74, 6) is 0.148. The molecule has 3 atom stereocenters. The first kappa shape index (κ1) is 10.5. The van der Waals surface area contributed by atoms with Crippen LogP contribution in [0.15, 0.2) is 0 Å². The molecule has 0 unspecified atom stereocenters. The summed E-state index contributed by atoms with van der Waals surface area (Å²) in [6, 6.07) is -0.428. The first-order chi connectivity index (χ1) is 6.02. The van der Waals surface area contributed by atoms with Crippen molar-refractivity contribution in [1.29, 1.82) is 0 Å². The summed E-state index contributed by atoms with van der Waals surface area (Å²) in [6.07, 6.45) is 0.400. The normalized spacial score (nSPS) is 31.5. The number of amides is 1. The second-order valence-electron chi connectivity index (χ2n) is 3.91. The van der Waals surface area contributed by atoms with Crippen molar-refractivity contribution >= 4 is 5.91 Å². The highest BCUT2D eigenvalue weighted by Crippen LogP contribution is 2.16. The quantitative estimate of drug-likeness (QED) is 0.583. The average molecular weight is 186 g/mol. The fourth-order valence-corrected chi connectivity index (χ4v) is 1.62. The van der Waals surface area contributed by atoms with Gasteiger partial charge >= 0.3 is 0 Å². The van der Waals surface area contributed by atoms with Gasteiger partial charge in [-0.3, -0.25) is 4.79 Å². The van der Waals surface area contributed by atoms with Gasteiger partial charge in [-0.1, -0.05) is 6.92 Å². The molecular weight excluding hydrogens is 168 g/mol. The molecule has 1 aliphatic rings. The van der Waals surface area contributed by atoms with E-state index in [2.05, 4.69) is 0 Å². The zero-order valence-corrected chi connectivity index (χ0v) is 8.23. The van der Waals surface area contributed by atoms with E-state index in [1.165, 1.54) is 0 Å². The number of nitrogens with zero attached hydrogens (tertiary/aromatic N) is 1. The van der Waals surface area contributed by atoms with Crippen molar-refractivity contribution in [2.75, 3.05) is 13.1 Å². The van der Waals surface area contributed by atoms with Gasteiger partial charge in [0.25, 0.3) is 0 Å². The number of hydrogen-bond donors (Lipinski definition) is 2. The number of piperidine rings is 1. The van der Waals surface area contributed by atoms with E-state index < -0.39 is 6.04 Å². The van der Waals surface area contributed by atoms with Gasteiger partial charge in [0, 0.05) is 13.1 Å². The third kappa shape index (κ3) is 2.42. The highest BCUT2D eigenvalue weighted by Gasteiger charge is 2.28. The van der Waals surface area contributed by atoms with Crippen LogP contribution in [0, 0.1) is 5.92 Å². The number of hydrogen-bond acceptors (Lipinski definition) is 3. The van der Waals surface area contributed by atoms with Gasteiger partial charge in [0.05, 0.1) is 12.1 Å². The Balaban J connectivity index is 2.50. The molecule has 0 aliphatic carbocycles. The van der Waals surface area contributed by atoms with Crippen molar-refractivity contribution in [3.05, 3.63) is 0 Å². The zero-order valence-electron chi connectivity index (χ0n) is 8.23. The minimum absolute atomic E-state index is 0.0150. The van der Waals surface area contributed by atoms with Crippen LogP contribution in [0.2, 0.25) is 0 Å². The molecule has 0 aromatic carbocycles. The molecule has 4 heteroatoms. The molecular formula is C9H18N2O2. The summed E-state index contributed by atoms with van der Waals surface area (Å²) in [6.45, 7) is 4.90. The fourth-order valence-electron chi connectivity index (χ4n) is 1.62. The van der Waals surface area contributed by atoms with Crippen LogP contribution in [0.1, 0.15) is 20.3 Å². The summed E-state index contributed by atoms with van der Waals surface area (Å²) < 4.78 is 0. The lowest BCUT2D eigenvalue weighted by molar-refractivity contribution is -0.135. The van der Waals surface area contributed by atoms with Crippen molar-refractivity contribution in [3.8, 4) is 0 Å². The van der Waals surface area contributed by atoms with Gasteiger partial charge in [0.1, 0.15) is 0 Å². The third-order valence-electron chi connectivity index (χ3n) is 2.56. The predicted molar refractivity (Wildman–Crippen MR) is 50.0 cm³/mol. The molecule has 13 heavy (non-hydrogen) atoms. The molecule has 0 aromatic heterocycles. The van der Waals surface area contributed by atoms with Gasteiger partial charge in [-0.2, -0.15) is 0 Å². The molecule has 4 nitrogen and oxygen atoms in total. The summed E-state index contributed by atoms with van der Waals surface area (Å²) in [4.78, 5) is 13.2. The molecule has 0 radical (unpaired) electrons. The summed E-state index contributed by atoms with van der Waals surface area (Å²) in [7, 11) is 0. The Morgan fingerprint density at radius 2 is 2.31 bits per heavy atom. The van der Waals surface area contributed by atoms with Crippen molar-refractivity contribution in [2.45, 2.75) is 32.4 Å².